The molecule has 0 atom stereocenters. The molecule has 1 aliphatic heterocycles. The number of hydrogen-bond acceptors (Lipinski definition) is 5. The molecule has 90 valence electrons. The minimum absolute atomic E-state index is 0. The number of guanidine groups is 1. The monoisotopic (exact) mass is 352 g/mol. The maximum absolute atomic E-state index is 4.40. The van der Waals surface area contributed by atoms with Gasteiger partial charge in [0.25, 0.3) is 0 Å². The van der Waals surface area contributed by atoms with Gasteiger partial charge in [-0.15, -0.1) is 35.3 Å². The first-order valence-electron chi connectivity index (χ1n) is 5.09. The van der Waals surface area contributed by atoms with Crippen LogP contribution in [0, 0.1) is 13.8 Å². The second-order valence-electron chi connectivity index (χ2n) is 3.72. The minimum atomic E-state index is 0. The van der Waals surface area contributed by atoms with E-state index in [4.69, 9.17) is 0 Å². The van der Waals surface area contributed by atoms with Gasteiger partial charge in [-0.1, -0.05) is 0 Å². The maximum atomic E-state index is 4.40. The molecule has 6 heteroatoms. The van der Waals surface area contributed by atoms with Gasteiger partial charge in [0.2, 0.25) is 0 Å². The van der Waals surface area contributed by atoms with Crippen LogP contribution < -0.4 is 5.32 Å². The van der Waals surface area contributed by atoms with Crippen LogP contribution in [0.5, 0.6) is 0 Å². The highest BCUT2D eigenvalue weighted by Crippen LogP contribution is 2.16. The lowest BCUT2D eigenvalue weighted by atomic mass is 10.4. The van der Waals surface area contributed by atoms with Crippen molar-refractivity contribution in [2.75, 3.05) is 20.1 Å². The van der Waals surface area contributed by atoms with Crippen LogP contribution in [0.1, 0.15) is 15.6 Å². The Bertz CT molecular complexity index is 388. The first kappa shape index (κ1) is 13.7. The van der Waals surface area contributed by atoms with E-state index in [0.717, 1.165) is 36.3 Å². The summed E-state index contributed by atoms with van der Waals surface area (Å²) in [5.41, 5.74) is 1.13. The Hall–Kier alpha value is -0.370. The van der Waals surface area contributed by atoms with Gasteiger partial charge in [-0.3, -0.25) is 4.99 Å². The van der Waals surface area contributed by atoms with Crippen molar-refractivity contribution in [2.24, 2.45) is 4.99 Å². The fourth-order valence-electron chi connectivity index (χ4n) is 1.62. The average molecular weight is 352 g/mol. The lowest BCUT2D eigenvalue weighted by Gasteiger charge is -2.14. The average Bonchev–Trinajstić information content (AvgIpc) is 2.70. The second-order valence-corrected chi connectivity index (χ2v) is 5.01. The first-order valence-corrected chi connectivity index (χ1v) is 5.91. The van der Waals surface area contributed by atoms with E-state index < -0.39 is 0 Å². The fraction of sp³-hybridized carbons (Fsp3) is 0.600. The van der Waals surface area contributed by atoms with Crippen LogP contribution in [-0.4, -0.2) is 36.0 Å². The third-order valence-electron chi connectivity index (χ3n) is 2.47. The van der Waals surface area contributed by atoms with Crippen molar-refractivity contribution in [1.29, 1.82) is 0 Å². The number of aliphatic imine (C=N–C) groups is 1. The standard InChI is InChI=1S/C10H16N4S.HI/c1-7-9(15-8(2)13-7)6-12-10-11-4-5-14(10)3;/h4-6H2,1-3H3,(H,11,12);1H. The van der Waals surface area contributed by atoms with E-state index in [2.05, 4.69) is 34.2 Å². The second kappa shape index (κ2) is 5.81. The SMILES string of the molecule is Cc1nc(C)c(CNC2=NCCN2C)s1.I. The Kier molecular flexibility index (Phi) is 4.97. The molecule has 16 heavy (non-hydrogen) atoms. The Labute approximate surface area is 117 Å². The number of aromatic nitrogens is 1. The van der Waals surface area contributed by atoms with Gasteiger partial charge in [0.15, 0.2) is 5.96 Å². The van der Waals surface area contributed by atoms with Crippen molar-refractivity contribution in [3.05, 3.63) is 15.6 Å². The first-order chi connectivity index (χ1) is 7.16. The predicted molar refractivity (Wildman–Crippen MR) is 78.8 cm³/mol. The molecule has 0 spiro atoms. The number of nitrogens with zero attached hydrogens (tertiary/aromatic N) is 3. The molecule has 1 aromatic heterocycles. The summed E-state index contributed by atoms with van der Waals surface area (Å²) in [5, 5.41) is 4.48. The Morgan fingerprint density at radius 1 is 1.44 bits per heavy atom. The molecule has 0 aromatic carbocycles. The van der Waals surface area contributed by atoms with Crippen molar-refractivity contribution in [3.8, 4) is 0 Å². The molecule has 1 aromatic rings. The van der Waals surface area contributed by atoms with Crippen molar-refractivity contribution >= 4 is 41.3 Å². The summed E-state index contributed by atoms with van der Waals surface area (Å²) in [7, 11) is 2.06. The van der Waals surface area contributed by atoms with Gasteiger partial charge in [-0.25, -0.2) is 4.98 Å². The summed E-state index contributed by atoms with van der Waals surface area (Å²) in [6.07, 6.45) is 0. The number of thiazole rings is 1. The van der Waals surface area contributed by atoms with Gasteiger partial charge in [0, 0.05) is 18.5 Å². The van der Waals surface area contributed by atoms with E-state index in [1.165, 1.54) is 4.88 Å². The van der Waals surface area contributed by atoms with Crippen LogP contribution in [0.15, 0.2) is 4.99 Å². The topological polar surface area (TPSA) is 40.5 Å². The molecule has 0 saturated heterocycles. The predicted octanol–water partition coefficient (Wildman–Crippen LogP) is 1.77. The smallest absolute Gasteiger partial charge is 0.194 e. The largest absolute Gasteiger partial charge is 0.351 e. The molecule has 1 aliphatic rings. The van der Waals surface area contributed by atoms with Crippen molar-refractivity contribution in [2.45, 2.75) is 20.4 Å². The zero-order valence-corrected chi connectivity index (χ0v) is 12.9. The van der Waals surface area contributed by atoms with Crippen LogP contribution in [-0.2, 0) is 6.54 Å². The molecule has 0 aliphatic carbocycles. The van der Waals surface area contributed by atoms with Gasteiger partial charge < -0.3 is 10.2 Å². The molecule has 4 nitrogen and oxygen atoms in total. The number of rotatable bonds is 2. The van der Waals surface area contributed by atoms with Crippen LogP contribution >= 0.6 is 35.3 Å². The fourth-order valence-corrected chi connectivity index (χ4v) is 2.50. The maximum Gasteiger partial charge on any atom is 0.194 e. The lowest BCUT2D eigenvalue weighted by Crippen LogP contribution is -2.35. The highest BCUT2D eigenvalue weighted by atomic mass is 127. The van der Waals surface area contributed by atoms with E-state index in [-0.39, 0.29) is 24.0 Å². The van der Waals surface area contributed by atoms with Gasteiger partial charge in [0.05, 0.1) is 23.8 Å². The summed E-state index contributed by atoms with van der Waals surface area (Å²) in [6, 6.07) is 0. The Morgan fingerprint density at radius 3 is 2.69 bits per heavy atom. The summed E-state index contributed by atoms with van der Waals surface area (Å²) in [5.74, 6) is 1.00. The highest BCUT2D eigenvalue weighted by molar-refractivity contribution is 14.0. The molecule has 0 saturated carbocycles. The molecule has 0 amide bonds. The third-order valence-corrected chi connectivity index (χ3v) is 3.54. The van der Waals surface area contributed by atoms with E-state index in [1.54, 1.807) is 11.3 Å². The molecule has 0 unspecified atom stereocenters. The molecular formula is C10H17IN4S. The summed E-state index contributed by atoms with van der Waals surface area (Å²) >= 11 is 1.75. The molecule has 2 heterocycles. The molecule has 0 bridgehead atoms. The normalized spacial score (nSPS) is 14.7. The van der Waals surface area contributed by atoms with E-state index in [0.29, 0.717) is 0 Å². The van der Waals surface area contributed by atoms with Gasteiger partial charge in [-0.05, 0) is 13.8 Å². The third kappa shape index (κ3) is 3.07. The quantitative estimate of drug-likeness (QED) is 0.825. The van der Waals surface area contributed by atoms with Gasteiger partial charge in [0.1, 0.15) is 0 Å². The molecule has 0 radical (unpaired) electrons. The summed E-state index contributed by atoms with van der Waals surface area (Å²) in [4.78, 5) is 12.2. The number of likely N-dealkylation sites (N-methyl/N-ethyl adjacent to an activating group) is 1. The molecule has 2 rings (SSSR count). The number of halogens is 1. The number of hydrogen-bond donors (Lipinski definition) is 1. The lowest BCUT2D eigenvalue weighted by molar-refractivity contribution is 0.534. The van der Waals surface area contributed by atoms with E-state index in [1.807, 2.05) is 6.92 Å². The number of aryl methyl sites for hydroxylation is 2. The van der Waals surface area contributed by atoms with Crippen molar-refractivity contribution < 1.29 is 0 Å². The minimum Gasteiger partial charge on any atom is -0.351 e. The molecular weight excluding hydrogens is 335 g/mol. The summed E-state index contributed by atoms with van der Waals surface area (Å²) in [6.45, 7) is 6.85. The van der Waals surface area contributed by atoms with Gasteiger partial charge in [-0.2, -0.15) is 0 Å². The van der Waals surface area contributed by atoms with Gasteiger partial charge >= 0.3 is 0 Å². The summed E-state index contributed by atoms with van der Waals surface area (Å²) < 4.78 is 0. The highest BCUT2D eigenvalue weighted by Gasteiger charge is 2.12. The molecule has 1 N–H and O–H groups in total. The van der Waals surface area contributed by atoms with E-state index in [9.17, 15) is 0 Å². The van der Waals surface area contributed by atoms with Crippen LogP contribution in [0.4, 0.5) is 0 Å². The zero-order chi connectivity index (χ0) is 10.8. The Balaban J connectivity index is 0.00000128. The molecule has 0 fully saturated rings. The zero-order valence-electron chi connectivity index (χ0n) is 9.78. The van der Waals surface area contributed by atoms with E-state index >= 15 is 0 Å². The van der Waals surface area contributed by atoms with Crippen molar-refractivity contribution in [3.63, 3.8) is 0 Å². The van der Waals surface area contributed by atoms with Crippen molar-refractivity contribution in [1.82, 2.24) is 15.2 Å². The van der Waals surface area contributed by atoms with Crippen LogP contribution in [0.2, 0.25) is 0 Å². The van der Waals surface area contributed by atoms with Crippen LogP contribution in [0.3, 0.4) is 0 Å². The van der Waals surface area contributed by atoms with Crippen LogP contribution in [0.25, 0.3) is 0 Å². The Morgan fingerprint density at radius 2 is 2.19 bits per heavy atom. The number of nitrogens with one attached hydrogen (secondary N) is 1.